The highest BCUT2D eigenvalue weighted by atomic mass is 16.6. The molecule has 0 amide bonds. The van der Waals surface area contributed by atoms with Gasteiger partial charge in [-0.15, -0.1) is 0 Å². The molecular formula is C16H25N3O2. The Morgan fingerprint density at radius 3 is 2.57 bits per heavy atom. The van der Waals surface area contributed by atoms with E-state index >= 15 is 0 Å². The highest BCUT2D eigenvalue weighted by Crippen LogP contribution is 2.35. The largest absolute Gasteiger partial charge is 0.379 e. The molecule has 5 heteroatoms. The number of nitrogens with zero attached hydrogens (tertiary/aromatic N) is 1. The van der Waals surface area contributed by atoms with Crippen LogP contribution in [0.15, 0.2) is 18.2 Å². The summed E-state index contributed by atoms with van der Waals surface area (Å²) in [5.74, 6) is 1.41. The molecule has 1 aliphatic rings. The second-order valence-electron chi connectivity index (χ2n) is 6.05. The van der Waals surface area contributed by atoms with Crippen molar-refractivity contribution in [2.24, 2.45) is 11.8 Å². The van der Waals surface area contributed by atoms with Crippen LogP contribution >= 0.6 is 0 Å². The summed E-state index contributed by atoms with van der Waals surface area (Å²) in [6, 6.07) is 5.44. The van der Waals surface area contributed by atoms with Gasteiger partial charge in [-0.1, -0.05) is 26.3 Å². The van der Waals surface area contributed by atoms with E-state index in [0.29, 0.717) is 17.3 Å². The Kier molecular flexibility index (Phi) is 5.42. The minimum Gasteiger partial charge on any atom is -0.379 e. The van der Waals surface area contributed by atoms with Crippen molar-refractivity contribution in [2.45, 2.75) is 39.5 Å². The van der Waals surface area contributed by atoms with E-state index < -0.39 is 0 Å². The van der Waals surface area contributed by atoms with E-state index in [0.717, 1.165) is 25.4 Å². The topological polar surface area (TPSA) is 67.2 Å². The summed E-state index contributed by atoms with van der Waals surface area (Å²) in [5, 5.41) is 17.8. The van der Waals surface area contributed by atoms with Crippen LogP contribution in [-0.2, 0) is 0 Å². The van der Waals surface area contributed by atoms with Gasteiger partial charge in [0.2, 0.25) is 0 Å². The van der Waals surface area contributed by atoms with Crippen LogP contribution in [0, 0.1) is 22.0 Å². The lowest BCUT2D eigenvalue weighted by atomic mass is 10.1. The predicted octanol–water partition coefficient (Wildman–Crippen LogP) is 4.26. The Bertz CT molecular complexity index is 490. The summed E-state index contributed by atoms with van der Waals surface area (Å²) in [6.45, 7) is 5.88. The number of hydrogen-bond acceptors (Lipinski definition) is 4. The van der Waals surface area contributed by atoms with E-state index in [9.17, 15) is 10.1 Å². The monoisotopic (exact) mass is 291 g/mol. The van der Waals surface area contributed by atoms with Crippen molar-refractivity contribution >= 4 is 17.1 Å². The first-order valence-corrected chi connectivity index (χ1v) is 7.87. The zero-order valence-corrected chi connectivity index (χ0v) is 12.9. The predicted molar refractivity (Wildman–Crippen MR) is 86.9 cm³/mol. The molecule has 0 saturated heterocycles. The Labute approximate surface area is 126 Å². The van der Waals surface area contributed by atoms with Crippen LogP contribution in [0.1, 0.15) is 39.5 Å². The second kappa shape index (κ2) is 7.29. The quantitative estimate of drug-likeness (QED) is 0.581. The molecule has 5 nitrogen and oxygen atoms in total. The van der Waals surface area contributed by atoms with Gasteiger partial charge in [-0.3, -0.25) is 10.1 Å². The first-order chi connectivity index (χ1) is 10.1. The molecule has 21 heavy (non-hydrogen) atoms. The van der Waals surface area contributed by atoms with E-state index in [1.54, 1.807) is 12.1 Å². The fraction of sp³-hybridized carbons (Fsp3) is 0.625. The smallest absolute Gasteiger partial charge is 0.315 e. The lowest BCUT2D eigenvalue weighted by Gasteiger charge is -2.14. The van der Waals surface area contributed by atoms with Crippen LogP contribution in [0.25, 0.3) is 0 Å². The molecule has 0 spiro atoms. The van der Waals surface area contributed by atoms with Gasteiger partial charge in [0.05, 0.1) is 4.92 Å². The van der Waals surface area contributed by atoms with E-state index in [-0.39, 0.29) is 10.6 Å². The van der Waals surface area contributed by atoms with Crippen molar-refractivity contribution in [2.75, 3.05) is 23.7 Å². The van der Waals surface area contributed by atoms with Gasteiger partial charge in [0.1, 0.15) is 11.4 Å². The fourth-order valence-corrected chi connectivity index (χ4v) is 3.05. The van der Waals surface area contributed by atoms with Crippen molar-refractivity contribution in [3.63, 3.8) is 0 Å². The molecule has 0 aromatic heterocycles. The van der Waals surface area contributed by atoms with Crippen molar-refractivity contribution in [1.82, 2.24) is 0 Å². The van der Waals surface area contributed by atoms with Crippen LogP contribution in [0.3, 0.4) is 0 Å². The Balaban J connectivity index is 2.08. The van der Waals surface area contributed by atoms with Crippen molar-refractivity contribution < 1.29 is 4.92 Å². The van der Waals surface area contributed by atoms with E-state index in [4.69, 9.17) is 0 Å². The lowest BCUT2D eigenvalue weighted by Crippen LogP contribution is -2.13. The first kappa shape index (κ1) is 15.6. The third-order valence-electron chi connectivity index (χ3n) is 4.17. The van der Waals surface area contributed by atoms with E-state index in [2.05, 4.69) is 17.6 Å². The van der Waals surface area contributed by atoms with Gasteiger partial charge in [-0.25, -0.2) is 0 Å². The maximum absolute atomic E-state index is 11.4. The third-order valence-corrected chi connectivity index (χ3v) is 4.17. The summed E-state index contributed by atoms with van der Waals surface area (Å²) in [7, 11) is 0. The van der Waals surface area contributed by atoms with Crippen molar-refractivity contribution in [1.29, 1.82) is 0 Å². The third kappa shape index (κ3) is 4.09. The second-order valence-corrected chi connectivity index (χ2v) is 6.05. The maximum atomic E-state index is 11.4. The lowest BCUT2D eigenvalue weighted by molar-refractivity contribution is -0.383. The summed E-state index contributed by atoms with van der Waals surface area (Å²) in [5.41, 5.74) is 1.39. The molecule has 1 saturated carbocycles. The van der Waals surface area contributed by atoms with Crippen LogP contribution in [0.5, 0.6) is 0 Å². The maximum Gasteiger partial charge on any atom is 0.315 e. The molecule has 2 rings (SSSR count). The minimum absolute atomic E-state index is 0.164. The molecular weight excluding hydrogens is 266 g/mol. The Morgan fingerprint density at radius 2 is 2.00 bits per heavy atom. The number of nitro groups is 1. The first-order valence-electron chi connectivity index (χ1n) is 7.87. The Hall–Kier alpha value is -1.78. The van der Waals surface area contributed by atoms with Gasteiger partial charge in [0, 0.05) is 13.1 Å². The molecule has 2 N–H and O–H groups in total. The van der Waals surface area contributed by atoms with Crippen LogP contribution < -0.4 is 10.6 Å². The molecule has 0 radical (unpaired) electrons. The standard InChI is InChI=1S/C16H25N3O2/c1-3-9-17-14-5-4-6-15(16(14)19(20)21)18-11-13-8-7-12(2)10-13/h4-6,12-13,17-18H,3,7-11H2,1-2H3. The zero-order valence-electron chi connectivity index (χ0n) is 12.9. The molecule has 2 unspecified atom stereocenters. The van der Waals surface area contributed by atoms with Gasteiger partial charge in [-0.05, 0) is 43.2 Å². The van der Waals surface area contributed by atoms with Gasteiger partial charge in [0.25, 0.3) is 0 Å². The summed E-state index contributed by atoms with van der Waals surface area (Å²) in [4.78, 5) is 11.1. The van der Waals surface area contributed by atoms with Gasteiger partial charge >= 0.3 is 5.69 Å². The average Bonchev–Trinajstić information content (AvgIpc) is 2.88. The molecule has 2 atom stereocenters. The highest BCUT2D eigenvalue weighted by molar-refractivity contribution is 5.76. The molecule has 0 aliphatic heterocycles. The number of hydrogen-bond donors (Lipinski definition) is 2. The number of nitro benzene ring substituents is 1. The minimum atomic E-state index is -0.294. The molecule has 0 heterocycles. The number of benzene rings is 1. The molecule has 1 aromatic carbocycles. The van der Waals surface area contributed by atoms with Gasteiger partial charge in [0.15, 0.2) is 0 Å². The van der Waals surface area contributed by atoms with E-state index in [1.165, 1.54) is 19.3 Å². The van der Waals surface area contributed by atoms with Crippen LogP contribution in [0.2, 0.25) is 0 Å². The highest BCUT2D eigenvalue weighted by Gasteiger charge is 2.23. The molecule has 116 valence electrons. The number of anilines is 2. The Morgan fingerprint density at radius 1 is 1.29 bits per heavy atom. The number of nitrogens with one attached hydrogen (secondary N) is 2. The average molecular weight is 291 g/mol. The van der Waals surface area contributed by atoms with Gasteiger partial charge in [-0.2, -0.15) is 0 Å². The zero-order chi connectivity index (χ0) is 15.2. The van der Waals surface area contributed by atoms with Crippen LogP contribution in [-0.4, -0.2) is 18.0 Å². The van der Waals surface area contributed by atoms with Crippen molar-refractivity contribution in [3.05, 3.63) is 28.3 Å². The molecule has 1 fully saturated rings. The van der Waals surface area contributed by atoms with Crippen molar-refractivity contribution in [3.8, 4) is 0 Å². The normalized spacial score (nSPS) is 21.2. The summed E-state index contributed by atoms with van der Waals surface area (Å²) in [6.07, 6.45) is 4.64. The molecule has 1 aliphatic carbocycles. The number of rotatable bonds is 7. The SMILES string of the molecule is CCCNc1cccc(NCC2CCC(C)C2)c1[N+](=O)[O-]. The summed E-state index contributed by atoms with van der Waals surface area (Å²) >= 11 is 0. The van der Waals surface area contributed by atoms with E-state index in [1.807, 2.05) is 13.0 Å². The fourth-order valence-electron chi connectivity index (χ4n) is 3.05. The molecule has 0 bridgehead atoms. The molecule has 1 aromatic rings. The number of para-hydroxylation sites is 1. The summed E-state index contributed by atoms with van der Waals surface area (Å²) < 4.78 is 0. The van der Waals surface area contributed by atoms with Crippen LogP contribution in [0.4, 0.5) is 17.1 Å². The van der Waals surface area contributed by atoms with Gasteiger partial charge < -0.3 is 10.6 Å².